The van der Waals surface area contributed by atoms with E-state index in [1.807, 2.05) is 0 Å². The Morgan fingerprint density at radius 3 is 2.52 bits per heavy atom. The van der Waals surface area contributed by atoms with E-state index >= 15 is 0 Å². The van der Waals surface area contributed by atoms with Gasteiger partial charge >= 0.3 is 0 Å². The molecule has 1 heterocycles. The third-order valence-corrected chi connectivity index (χ3v) is 4.10. The van der Waals surface area contributed by atoms with Crippen LogP contribution >= 0.6 is 0 Å². The number of rotatable bonds is 8. The van der Waals surface area contributed by atoms with Gasteiger partial charge in [-0.15, -0.1) is 0 Å². The van der Waals surface area contributed by atoms with Crippen molar-refractivity contribution in [3.05, 3.63) is 0 Å². The average molecular weight is 297 g/mol. The Kier molecular flexibility index (Phi) is 9.42. The molecule has 0 unspecified atom stereocenters. The molecule has 21 heavy (non-hydrogen) atoms. The second-order valence-electron chi connectivity index (χ2n) is 5.92. The molecule has 0 spiro atoms. The Hall–Kier alpha value is -0.810. The number of likely N-dealkylation sites (tertiary alicyclic amines) is 1. The molecule has 1 rings (SSSR count). The average Bonchev–Trinajstić information content (AvgIpc) is 2.49. The minimum atomic E-state index is 0.569. The Labute approximate surface area is 131 Å². The molecule has 1 aliphatic heterocycles. The van der Waals surface area contributed by atoms with E-state index < -0.39 is 0 Å². The van der Waals surface area contributed by atoms with E-state index in [9.17, 15) is 0 Å². The topological polar surface area (TPSA) is 42.9 Å². The number of hydrogen-bond acceptors (Lipinski definition) is 3. The quantitative estimate of drug-likeness (QED) is 0.524. The number of aliphatic imine (C=N–C) groups is 1. The number of guanidine groups is 1. The van der Waals surface area contributed by atoms with E-state index in [1.165, 1.54) is 38.9 Å². The molecule has 0 bridgehead atoms. The number of nitrogens with zero attached hydrogens (tertiary/aromatic N) is 3. The fourth-order valence-corrected chi connectivity index (χ4v) is 2.62. The van der Waals surface area contributed by atoms with Gasteiger partial charge in [0.25, 0.3) is 0 Å². The predicted molar refractivity (Wildman–Crippen MR) is 92.0 cm³/mol. The molecule has 1 fully saturated rings. The van der Waals surface area contributed by atoms with Gasteiger partial charge in [0.1, 0.15) is 0 Å². The van der Waals surface area contributed by atoms with E-state index in [1.54, 1.807) is 0 Å². The largest absolute Gasteiger partial charge is 0.357 e. The molecule has 0 aromatic heterocycles. The van der Waals surface area contributed by atoms with Crippen LogP contribution in [0.25, 0.3) is 0 Å². The van der Waals surface area contributed by atoms with Crippen LogP contribution in [-0.4, -0.2) is 74.7 Å². The fourth-order valence-electron chi connectivity index (χ4n) is 2.62. The summed E-state index contributed by atoms with van der Waals surface area (Å²) < 4.78 is 0. The first-order valence-electron chi connectivity index (χ1n) is 8.65. The van der Waals surface area contributed by atoms with E-state index in [0.717, 1.165) is 32.1 Å². The summed E-state index contributed by atoms with van der Waals surface area (Å²) in [7, 11) is 2.14. The Morgan fingerprint density at radius 1 is 1.24 bits per heavy atom. The highest BCUT2D eigenvalue weighted by molar-refractivity contribution is 5.80. The lowest BCUT2D eigenvalue weighted by Crippen LogP contribution is -2.49. The third kappa shape index (κ3) is 7.67. The van der Waals surface area contributed by atoms with Gasteiger partial charge in [-0.05, 0) is 46.3 Å². The van der Waals surface area contributed by atoms with Crippen molar-refractivity contribution in [1.29, 1.82) is 0 Å². The van der Waals surface area contributed by atoms with Crippen molar-refractivity contribution in [3.63, 3.8) is 0 Å². The van der Waals surface area contributed by atoms with Gasteiger partial charge in [0.05, 0.1) is 6.54 Å². The van der Waals surface area contributed by atoms with Crippen LogP contribution in [0, 0.1) is 0 Å². The van der Waals surface area contributed by atoms with Crippen LogP contribution < -0.4 is 10.6 Å². The normalized spacial score (nSPS) is 18.2. The Balaban J connectivity index is 2.35. The summed E-state index contributed by atoms with van der Waals surface area (Å²) in [4.78, 5) is 9.55. The Bertz CT molecular complexity index is 284. The number of hydrogen-bond donors (Lipinski definition) is 2. The van der Waals surface area contributed by atoms with Gasteiger partial charge in [-0.3, -0.25) is 4.99 Å². The van der Waals surface area contributed by atoms with Gasteiger partial charge in [0, 0.05) is 32.2 Å². The summed E-state index contributed by atoms with van der Waals surface area (Å²) >= 11 is 0. The second kappa shape index (κ2) is 10.9. The minimum Gasteiger partial charge on any atom is -0.357 e. The molecule has 0 amide bonds. The third-order valence-electron chi connectivity index (χ3n) is 4.10. The molecule has 2 N–H and O–H groups in total. The Morgan fingerprint density at radius 2 is 1.95 bits per heavy atom. The first kappa shape index (κ1) is 18.2. The maximum atomic E-state index is 4.69. The summed E-state index contributed by atoms with van der Waals surface area (Å²) in [6, 6.07) is 0.569. The van der Waals surface area contributed by atoms with Gasteiger partial charge in [-0.25, -0.2) is 0 Å². The van der Waals surface area contributed by atoms with Crippen LogP contribution in [0.2, 0.25) is 0 Å². The van der Waals surface area contributed by atoms with Crippen LogP contribution in [-0.2, 0) is 0 Å². The summed E-state index contributed by atoms with van der Waals surface area (Å²) in [5.41, 5.74) is 0. The molecule has 0 aliphatic carbocycles. The van der Waals surface area contributed by atoms with E-state index in [4.69, 9.17) is 4.99 Å². The van der Waals surface area contributed by atoms with Crippen molar-refractivity contribution >= 4 is 5.96 Å². The molecule has 1 saturated heterocycles. The van der Waals surface area contributed by atoms with Crippen LogP contribution in [0.5, 0.6) is 0 Å². The molecule has 5 nitrogen and oxygen atoms in total. The maximum absolute atomic E-state index is 4.69. The first-order chi connectivity index (χ1) is 10.2. The molecular weight excluding hydrogens is 262 g/mol. The molecule has 124 valence electrons. The highest BCUT2D eigenvalue weighted by Crippen LogP contribution is 2.10. The smallest absolute Gasteiger partial charge is 0.191 e. The van der Waals surface area contributed by atoms with Gasteiger partial charge in [0.2, 0.25) is 0 Å². The maximum Gasteiger partial charge on any atom is 0.191 e. The highest BCUT2D eigenvalue weighted by Gasteiger charge is 2.19. The monoisotopic (exact) mass is 297 g/mol. The SMILES string of the molecule is CCCN1CCC(NC(=NCCN(C)CC)NCC)CC1. The zero-order chi connectivity index (χ0) is 15.5. The van der Waals surface area contributed by atoms with Crippen LogP contribution in [0.4, 0.5) is 0 Å². The lowest BCUT2D eigenvalue weighted by molar-refractivity contribution is 0.206. The summed E-state index contributed by atoms with van der Waals surface area (Å²) in [5.74, 6) is 0.982. The second-order valence-corrected chi connectivity index (χ2v) is 5.92. The van der Waals surface area contributed by atoms with Gasteiger partial charge in [-0.1, -0.05) is 13.8 Å². The zero-order valence-electron chi connectivity index (χ0n) is 14.5. The number of piperidine rings is 1. The van der Waals surface area contributed by atoms with Crippen molar-refractivity contribution in [2.24, 2.45) is 4.99 Å². The van der Waals surface area contributed by atoms with Gasteiger partial charge in [-0.2, -0.15) is 0 Å². The van der Waals surface area contributed by atoms with Crippen LogP contribution in [0.15, 0.2) is 4.99 Å². The summed E-state index contributed by atoms with van der Waals surface area (Å²) in [6.45, 7) is 14.1. The number of likely N-dealkylation sites (N-methyl/N-ethyl adjacent to an activating group) is 1. The number of nitrogens with one attached hydrogen (secondary N) is 2. The fraction of sp³-hybridized carbons (Fsp3) is 0.938. The zero-order valence-corrected chi connectivity index (χ0v) is 14.5. The molecule has 0 aromatic carbocycles. The summed E-state index contributed by atoms with van der Waals surface area (Å²) in [6.07, 6.45) is 3.70. The van der Waals surface area contributed by atoms with Gasteiger partial charge < -0.3 is 20.4 Å². The molecule has 0 radical (unpaired) electrons. The predicted octanol–water partition coefficient (Wildman–Crippen LogP) is 1.37. The molecule has 0 aromatic rings. The van der Waals surface area contributed by atoms with E-state index in [-0.39, 0.29) is 0 Å². The first-order valence-corrected chi connectivity index (χ1v) is 8.65. The molecule has 1 aliphatic rings. The van der Waals surface area contributed by atoms with Crippen molar-refractivity contribution < 1.29 is 0 Å². The summed E-state index contributed by atoms with van der Waals surface area (Å²) in [5, 5.41) is 6.97. The minimum absolute atomic E-state index is 0.569. The highest BCUT2D eigenvalue weighted by atomic mass is 15.2. The van der Waals surface area contributed by atoms with E-state index in [0.29, 0.717) is 6.04 Å². The lowest BCUT2D eigenvalue weighted by Gasteiger charge is -2.32. The molecule has 0 saturated carbocycles. The molecule has 5 heteroatoms. The standard InChI is InChI=1S/C16H35N5/c1-5-11-21-12-8-15(9-13-21)19-16(17-6-2)18-10-14-20(4)7-3/h15H,5-14H2,1-4H3,(H2,17,18,19). The van der Waals surface area contributed by atoms with Crippen molar-refractivity contribution in [1.82, 2.24) is 20.4 Å². The van der Waals surface area contributed by atoms with Crippen molar-refractivity contribution in [2.75, 3.05) is 52.9 Å². The van der Waals surface area contributed by atoms with Gasteiger partial charge in [0.15, 0.2) is 5.96 Å². The molecule has 0 atom stereocenters. The van der Waals surface area contributed by atoms with E-state index in [2.05, 4.69) is 48.3 Å². The lowest BCUT2D eigenvalue weighted by atomic mass is 10.1. The van der Waals surface area contributed by atoms with Crippen LogP contribution in [0.1, 0.15) is 40.0 Å². The van der Waals surface area contributed by atoms with Crippen molar-refractivity contribution in [3.8, 4) is 0 Å². The molecular formula is C16H35N5. The van der Waals surface area contributed by atoms with Crippen LogP contribution in [0.3, 0.4) is 0 Å². The van der Waals surface area contributed by atoms with Crippen molar-refractivity contribution in [2.45, 2.75) is 46.1 Å².